The van der Waals surface area contributed by atoms with Gasteiger partial charge in [-0.2, -0.15) is 0 Å². The summed E-state index contributed by atoms with van der Waals surface area (Å²) >= 11 is 0. The van der Waals surface area contributed by atoms with Crippen molar-refractivity contribution < 1.29 is 9.18 Å². The average molecular weight is 269 g/mol. The van der Waals surface area contributed by atoms with Gasteiger partial charge in [0.2, 0.25) is 0 Å². The van der Waals surface area contributed by atoms with Crippen LogP contribution in [0.4, 0.5) is 10.1 Å². The number of nitrogens with one attached hydrogen (secondary N) is 1. The Morgan fingerprint density at radius 2 is 2.05 bits per heavy atom. The van der Waals surface area contributed by atoms with Crippen LogP contribution in [0.3, 0.4) is 0 Å². The average Bonchev–Trinajstić information content (AvgIpc) is 2.46. The summed E-state index contributed by atoms with van der Waals surface area (Å²) in [6, 6.07) is 10.1. The summed E-state index contributed by atoms with van der Waals surface area (Å²) in [7, 11) is 0. The lowest BCUT2D eigenvalue weighted by molar-refractivity contribution is 0.103. The predicted octanol–water partition coefficient (Wildman–Crippen LogP) is 3.72. The van der Waals surface area contributed by atoms with Crippen LogP contribution in [0.1, 0.15) is 33.5 Å². The number of halogens is 1. The van der Waals surface area contributed by atoms with Crippen molar-refractivity contribution in [2.75, 3.05) is 11.9 Å². The molecule has 0 aliphatic carbocycles. The monoisotopic (exact) mass is 269 g/mol. The molecule has 1 aliphatic rings. The highest BCUT2D eigenvalue weighted by Crippen LogP contribution is 2.27. The van der Waals surface area contributed by atoms with Gasteiger partial charge in [0.05, 0.1) is 0 Å². The van der Waals surface area contributed by atoms with E-state index in [0.29, 0.717) is 11.1 Å². The zero-order chi connectivity index (χ0) is 14.1. The van der Waals surface area contributed by atoms with Crippen molar-refractivity contribution in [3.63, 3.8) is 0 Å². The van der Waals surface area contributed by atoms with Crippen molar-refractivity contribution in [2.24, 2.45) is 0 Å². The standard InChI is InChI=1S/C17H16FNO/c1-11-10-12(18)7-8-13(11)17(20)15-4-2-6-16-14(15)5-3-9-19-16/h2,4,6-8,10,19H,3,5,9H2,1H3. The van der Waals surface area contributed by atoms with Crippen molar-refractivity contribution in [1.29, 1.82) is 0 Å². The van der Waals surface area contributed by atoms with Gasteiger partial charge in [0, 0.05) is 23.4 Å². The fourth-order valence-corrected chi connectivity index (χ4v) is 2.75. The smallest absolute Gasteiger partial charge is 0.193 e. The summed E-state index contributed by atoms with van der Waals surface area (Å²) in [5, 5.41) is 3.32. The fraction of sp³-hybridized carbons (Fsp3) is 0.235. The molecule has 2 aromatic rings. The van der Waals surface area contributed by atoms with Crippen LogP contribution in [-0.4, -0.2) is 12.3 Å². The molecule has 2 nitrogen and oxygen atoms in total. The second-order valence-electron chi connectivity index (χ2n) is 5.15. The second-order valence-corrected chi connectivity index (χ2v) is 5.15. The topological polar surface area (TPSA) is 29.1 Å². The lowest BCUT2D eigenvalue weighted by Crippen LogP contribution is -2.16. The van der Waals surface area contributed by atoms with Gasteiger partial charge in [-0.3, -0.25) is 4.79 Å². The molecule has 0 saturated heterocycles. The maximum Gasteiger partial charge on any atom is 0.193 e. The van der Waals surface area contributed by atoms with E-state index in [4.69, 9.17) is 0 Å². The Balaban J connectivity index is 2.07. The van der Waals surface area contributed by atoms with E-state index in [1.807, 2.05) is 18.2 Å². The predicted molar refractivity (Wildman–Crippen MR) is 77.8 cm³/mol. The molecule has 0 unspecified atom stereocenters. The molecule has 0 amide bonds. The number of aryl methyl sites for hydroxylation is 1. The maximum atomic E-state index is 13.2. The molecule has 20 heavy (non-hydrogen) atoms. The lowest BCUT2D eigenvalue weighted by atomic mass is 9.91. The van der Waals surface area contributed by atoms with Gasteiger partial charge < -0.3 is 5.32 Å². The molecule has 3 rings (SSSR count). The lowest BCUT2D eigenvalue weighted by Gasteiger charge is -2.20. The van der Waals surface area contributed by atoms with Crippen LogP contribution < -0.4 is 5.32 Å². The fourth-order valence-electron chi connectivity index (χ4n) is 2.75. The van der Waals surface area contributed by atoms with Crippen LogP contribution >= 0.6 is 0 Å². The van der Waals surface area contributed by atoms with Crippen LogP contribution in [0, 0.1) is 12.7 Å². The Hall–Kier alpha value is -2.16. The molecule has 0 aromatic heterocycles. The van der Waals surface area contributed by atoms with Gasteiger partial charge in [-0.15, -0.1) is 0 Å². The van der Waals surface area contributed by atoms with Gasteiger partial charge >= 0.3 is 0 Å². The molecule has 0 bridgehead atoms. The highest BCUT2D eigenvalue weighted by molar-refractivity contribution is 6.11. The van der Waals surface area contributed by atoms with Crippen LogP contribution in [0.15, 0.2) is 36.4 Å². The van der Waals surface area contributed by atoms with E-state index in [-0.39, 0.29) is 11.6 Å². The highest BCUT2D eigenvalue weighted by atomic mass is 19.1. The molecule has 1 heterocycles. The number of carbonyl (C=O) groups is 1. The van der Waals surface area contributed by atoms with Crippen LogP contribution in [0.5, 0.6) is 0 Å². The Morgan fingerprint density at radius 3 is 2.85 bits per heavy atom. The number of ketones is 1. The van der Waals surface area contributed by atoms with Gasteiger partial charge in [0.1, 0.15) is 5.82 Å². The number of fused-ring (bicyclic) bond motifs is 1. The van der Waals surface area contributed by atoms with E-state index in [0.717, 1.165) is 36.2 Å². The normalized spacial score (nSPS) is 13.5. The Bertz CT molecular complexity index is 679. The second kappa shape index (κ2) is 5.08. The molecule has 3 heteroatoms. The maximum absolute atomic E-state index is 13.2. The number of anilines is 1. The van der Waals surface area contributed by atoms with Crippen molar-refractivity contribution in [2.45, 2.75) is 19.8 Å². The van der Waals surface area contributed by atoms with Crippen LogP contribution in [0.25, 0.3) is 0 Å². The Labute approximate surface area is 117 Å². The van der Waals surface area contributed by atoms with E-state index in [1.165, 1.54) is 12.1 Å². The third-order valence-electron chi connectivity index (χ3n) is 3.77. The van der Waals surface area contributed by atoms with Gasteiger partial charge in [-0.05, 0) is 55.2 Å². The Morgan fingerprint density at radius 1 is 1.20 bits per heavy atom. The zero-order valence-corrected chi connectivity index (χ0v) is 11.4. The van der Waals surface area contributed by atoms with Crippen LogP contribution in [-0.2, 0) is 6.42 Å². The van der Waals surface area contributed by atoms with Crippen molar-refractivity contribution in [3.05, 3.63) is 64.5 Å². The number of benzene rings is 2. The molecule has 0 atom stereocenters. The van der Waals surface area contributed by atoms with Gasteiger partial charge in [-0.1, -0.05) is 12.1 Å². The molecule has 0 spiro atoms. The van der Waals surface area contributed by atoms with E-state index in [2.05, 4.69) is 5.32 Å². The number of hydrogen-bond donors (Lipinski definition) is 1. The molecule has 0 radical (unpaired) electrons. The SMILES string of the molecule is Cc1cc(F)ccc1C(=O)c1cccc2c1CCCN2. The highest BCUT2D eigenvalue weighted by Gasteiger charge is 2.19. The third-order valence-corrected chi connectivity index (χ3v) is 3.77. The molecular formula is C17H16FNO. The summed E-state index contributed by atoms with van der Waals surface area (Å²) in [5.74, 6) is -0.334. The first-order valence-electron chi connectivity index (χ1n) is 6.83. The number of hydrogen-bond acceptors (Lipinski definition) is 2. The quantitative estimate of drug-likeness (QED) is 0.842. The van der Waals surface area contributed by atoms with Crippen LogP contribution in [0.2, 0.25) is 0 Å². The van der Waals surface area contributed by atoms with E-state index < -0.39 is 0 Å². The largest absolute Gasteiger partial charge is 0.385 e. The molecular weight excluding hydrogens is 253 g/mol. The van der Waals surface area contributed by atoms with Crippen molar-refractivity contribution in [1.82, 2.24) is 0 Å². The molecule has 0 saturated carbocycles. The number of carbonyl (C=O) groups excluding carboxylic acids is 1. The summed E-state index contributed by atoms with van der Waals surface area (Å²) < 4.78 is 13.2. The summed E-state index contributed by atoms with van der Waals surface area (Å²) in [6.07, 6.45) is 1.93. The molecule has 1 aliphatic heterocycles. The molecule has 1 N–H and O–H groups in total. The first-order valence-corrected chi connectivity index (χ1v) is 6.83. The minimum atomic E-state index is -0.309. The molecule has 102 valence electrons. The number of rotatable bonds is 2. The minimum absolute atomic E-state index is 0.0250. The third kappa shape index (κ3) is 2.20. The summed E-state index contributed by atoms with van der Waals surface area (Å²) in [6.45, 7) is 2.71. The van der Waals surface area contributed by atoms with Crippen molar-refractivity contribution >= 4 is 11.5 Å². The van der Waals surface area contributed by atoms with E-state index in [1.54, 1.807) is 13.0 Å². The zero-order valence-electron chi connectivity index (χ0n) is 11.4. The van der Waals surface area contributed by atoms with Crippen molar-refractivity contribution in [3.8, 4) is 0 Å². The van der Waals surface area contributed by atoms with Gasteiger partial charge in [-0.25, -0.2) is 4.39 Å². The minimum Gasteiger partial charge on any atom is -0.385 e. The van der Waals surface area contributed by atoms with E-state index in [9.17, 15) is 9.18 Å². The first-order chi connectivity index (χ1) is 9.66. The van der Waals surface area contributed by atoms with Gasteiger partial charge in [0.15, 0.2) is 5.78 Å². The molecule has 0 fully saturated rings. The van der Waals surface area contributed by atoms with Gasteiger partial charge in [0.25, 0.3) is 0 Å². The first kappa shape index (κ1) is 12.9. The summed E-state index contributed by atoms with van der Waals surface area (Å²) in [5.41, 5.74) is 4.10. The molecule has 2 aromatic carbocycles. The Kier molecular flexibility index (Phi) is 3.26. The van der Waals surface area contributed by atoms with E-state index >= 15 is 0 Å². The summed E-state index contributed by atoms with van der Waals surface area (Å²) in [4.78, 5) is 12.7.